The summed E-state index contributed by atoms with van der Waals surface area (Å²) in [6.07, 6.45) is 0.365. The van der Waals surface area contributed by atoms with Gasteiger partial charge in [-0.3, -0.25) is 14.9 Å². The van der Waals surface area contributed by atoms with Crippen LogP contribution >= 0.6 is 0 Å². The minimum Gasteiger partial charge on any atom is -0.502 e. The lowest BCUT2D eigenvalue weighted by molar-refractivity contribution is -0.385. The van der Waals surface area contributed by atoms with Crippen LogP contribution in [0.5, 0.6) is 5.75 Å². The highest BCUT2D eigenvalue weighted by molar-refractivity contribution is 7.91. The van der Waals surface area contributed by atoms with Crippen LogP contribution in [-0.2, 0) is 9.84 Å². The summed E-state index contributed by atoms with van der Waals surface area (Å²) < 4.78 is 22.9. The molecule has 1 aromatic carbocycles. The van der Waals surface area contributed by atoms with Crippen LogP contribution in [0.25, 0.3) is 0 Å². The number of carbonyl (C=O) groups is 1. The maximum Gasteiger partial charge on any atom is 0.310 e. The van der Waals surface area contributed by atoms with Gasteiger partial charge in [0.15, 0.2) is 15.6 Å². The molecule has 9 heteroatoms. The summed E-state index contributed by atoms with van der Waals surface area (Å²) in [5.41, 5.74) is -0.414. The molecule has 2 rings (SSSR count). The fourth-order valence-corrected chi connectivity index (χ4v) is 4.04. The number of nitro groups is 1. The van der Waals surface area contributed by atoms with E-state index in [9.17, 15) is 28.4 Å². The second kappa shape index (κ2) is 5.32. The molecule has 1 amide bonds. The highest BCUT2D eigenvalue weighted by atomic mass is 32.2. The average molecular weight is 314 g/mol. The van der Waals surface area contributed by atoms with Crippen molar-refractivity contribution in [1.29, 1.82) is 0 Å². The lowest BCUT2D eigenvalue weighted by Crippen LogP contribution is -2.37. The molecule has 1 fully saturated rings. The predicted molar refractivity (Wildman–Crippen MR) is 73.9 cm³/mol. The van der Waals surface area contributed by atoms with Crippen molar-refractivity contribution < 1.29 is 23.2 Å². The van der Waals surface area contributed by atoms with Gasteiger partial charge < -0.3 is 10.0 Å². The van der Waals surface area contributed by atoms with E-state index in [0.717, 1.165) is 12.1 Å². The molecule has 0 aromatic heterocycles. The third kappa shape index (κ3) is 3.13. The van der Waals surface area contributed by atoms with E-state index in [1.807, 2.05) is 0 Å². The molecule has 21 heavy (non-hydrogen) atoms. The summed E-state index contributed by atoms with van der Waals surface area (Å²) in [6.45, 7) is 0. The topological polar surface area (TPSA) is 118 Å². The SMILES string of the molecule is CN(C(=O)c1ccc([N+](=O)[O-])c(O)c1)C1CCS(=O)(=O)C1. The number of phenols is 1. The number of rotatable bonds is 3. The van der Waals surface area contributed by atoms with Gasteiger partial charge in [-0.1, -0.05) is 0 Å². The number of aromatic hydroxyl groups is 1. The Morgan fingerprint density at radius 1 is 1.48 bits per heavy atom. The van der Waals surface area contributed by atoms with E-state index in [-0.39, 0.29) is 17.1 Å². The maximum absolute atomic E-state index is 12.2. The normalized spacial score (nSPS) is 20.1. The van der Waals surface area contributed by atoms with E-state index >= 15 is 0 Å². The van der Waals surface area contributed by atoms with Crippen LogP contribution in [0, 0.1) is 10.1 Å². The standard InChI is InChI=1S/C12H14N2O6S/c1-13(9-4-5-21(19,20)7-9)12(16)8-2-3-10(14(17)18)11(15)6-8/h2-3,6,9,15H,4-5,7H2,1H3. The Balaban J connectivity index is 2.20. The average Bonchev–Trinajstić information content (AvgIpc) is 2.76. The van der Waals surface area contributed by atoms with Gasteiger partial charge in [-0.2, -0.15) is 0 Å². The van der Waals surface area contributed by atoms with E-state index in [4.69, 9.17) is 0 Å². The molecular weight excluding hydrogens is 300 g/mol. The van der Waals surface area contributed by atoms with E-state index in [0.29, 0.717) is 6.42 Å². The molecule has 1 aliphatic heterocycles. The Morgan fingerprint density at radius 2 is 2.14 bits per heavy atom. The molecule has 0 saturated carbocycles. The quantitative estimate of drug-likeness (QED) is 0.643. The first-order chi connectivity index (χ1) is 9.71. The Bertz CT molecular complexity index is 700. The maximum atomic E-state index is 12.2. The zero-order valence-electron chi connectivity index (χ0n) is 11.2. The largest absolute Gasteiger partial charge is 0.502 e. The van der Waals surface area contributed by atoms with Crippen LogP contribution in [0.4, 0.5) is 5.69 Å². The van der Waals surface area contributed by atoms with Crippen LogP contribution in [0.15, 0.2) is 18.2 Å². The number of nitrogens with zero attached hydrogens (tertiary/aromatic N) is 2. The number of carbonyl (C=O) groups excluding carboxylic acids is 1. The number of hydrogen-bond acceptors (Lipinski definition) is 6. The monoisotopic (exact) mass is 314 g/mol. The van der Waals surface area contributed by atoms with Gasteiger partial charge in [-0.05, 0) is 18.6 Å². The van der Waals surface area contributed by atoms with Crippen molar-refractivity contribution in [3.05, 3.63) is 33.9 Å². The van der Waals surface area contributed by atoms with E-state index in [1.165, 1.54) is 18.0 Å². The van der Waals surface area contributed by atoms with Gasteiger partial charge in [0.1, 0.15) is 0 Å². The van der Waals surface area contributed by atoms with Gasteiger partial charge in [-0.25, -0.2) is 8.42 Å². The Morgan fingerprint density at radius 3 is 2.62 bits per heavy atom. The van der Waals surface area contributed by atoms with Crippen molar-refractivity contribution in [2.45, 2.75) is 12.5 Å². The number of benzene rings is 1. The van der Waals surface area contributed by atoms with Crippen LogP contribution in [-0.4, -0.2) is 53.8 Å². The van der Waals surface area contributed by atoms with Gasteiger partial charge in [0.25, 0.3) is 5.91 Å². The summed E-state index contributed by atoms with van der Waals surface area (Å²) in [4.78, 5) is 23.4. The zero-order valence-corrected chi connectivity index (χ0v) is 12.0. The van der Waals surface area contributed by atoms with Gasteiger partial charge in [-0.15, -0.1) is 0 Å². The molecule has 0 bridgehead atoms. The third-order valence-corrected chi connectivity index (χ3v) is 5.25. The first-order valence-electron chi connectivity index (χ1n) is 6.16. The van der Waals surface area contributed by atoms with Crippen LogP contribution in [0.2, 0.25) is 0 Å². The minimum atomic E-state index is -3.11. The van der Waals surface area contributed by atoms with Crippen molar-refractivity contribution in [3.8, 4) is 5.75 Å². The Labute approximate surface area is 121 Å². The van der Waals surface area contributed by atoms with Gasteiger partial charge in [0.05, 0.1) is 16.4 Å². The lowest BCUT2D eigenvalue weighted by atomic mass is 10.1. The number of hydrogen-bond donors (Lipinski definition) is 1. The number of amides is 1. The van der Waals surface area contributed by atoms with Crippen LogP contribution < -0.4 is 0 Å². The first-order valence-corrected chi connectivity index (χ1v) is 7.98. The lowest BCUT2D eigenvalue weighted by Gasteiger charge is -2.23. The van der Waals surface area contributed by atoms with Crippen molar-refractivity contribution in [2.24, 2.45) is 0 Å². The Hall–Kier alpha value is -2.16. The molecule has 1 heterocycles. The summed E-state index contributed by atoms with van der Waals surface area (Å²) in [5, 5.41) is 20.1. The predicted octanol–water partition coefficient (Wildman–Crippen LogP) is 0.559. The molecule has 1 aliphatic rings. The summed E-state index contributed by atoms with van der Waals surface area (Å²) in [6, 6.07) is 2.88. The van der Waals surface area contributed by atoms with Crippen molar-refractivity contribution >= 4 is 21.4 Å². The number of nitro benzene ring substituents is 1. The van der Waals surface area contributed by atoms with Gasteiger partial charge in [0.2, 0.25) is 0 Å². The molecule has 1 unspecified atom stereocenters. The molecule has 0 spiro atoms. The molecule has 114 valence electrons. The summed E-state index contributed by atoms with van der Waals surface area (Å²) >= 11 is 0. The first kappa shape index (κ1) is 15.2. The molecule has 0 radical (unpaired) electrons. The van der Waals surface area contributed by atoms with E-state index in [1.54, 1.807) is 0 Å². The second-order valence-electron chi connectivity index (χ2n) is 4.93. The smallest absolute Gasteiger partial charge is 0.310 e. The molecule has 1 saturated heterocycles. The van der Waals surface area contributed by atoms with E-state index in [2.05, 4.69) is 0 Å². The minimum absolute atomic E-state index is 0.0425. The molecule has 1 atom stereocenters. The summed E-state index contributed by atoms with van der Waals surface area (Å²) in [5.74, 6) is -1.13. The van der Waals surface area contributed by atoms with Gasteiger partial charge >= 0.3 is 5.69 Å². The van der Waals surface area contributed by atoms with Crippen molar-refractivity contribution in [3.63, 3.8) is 0 Å². The Kier molecular flexibility index (Phi) is 3.86. The summed E-state index contributed by atoms with van der Waals surface area (Å²) in [7, 11) is -1.64. The number of phenolic OH excluding ortho intramolecular Hbond substituents is 1. The molecular formula is C12H14N2O6S. The van der Waals surface area contributed by atoms with Crippen LogP contribution in [0.1, 0.15) is 16.8 Å². The van der Waals surface area contributed by atoms with Crippen molar-refractivity contribution in [2.75, 3.05) is 18.6 Å². The second-order valence-corrected chi connectivity index (χ2v) is 7.16. The highest BCUT2D eigenvalue weighted by Crippen LogP contribution is 2.27. The molecule has 8 nitrogen and oxygen atoms in total. The third-order valence-electron chi connectivity index (χ3n) is 3.50. The molecule has 0 aliphatic carbocycles. The van der Waals surface area contributed by atoms with Crippen LogP contribution in [0.3, 0.4) is 0 Å². The fourth-order valence-electron chi connectivity index (χ4n) is 2.26. The highest BCUT2D eigenvalue weighted by Gasteiger charge is 2.33. The van der Waals surface area contributed by atoms with Gasteiger partial charge in [0, 0.05) is 24.7 Å². The molecule has 1 N–H and O–H groups in total. The van der Waals surface area contributed by atoms with E-state index < -0.39 is 38.1 Å². The number of sulfone groups is 1. The fraction of sp³-hybridized carbons (Fsp3) is 0.417. The molecule has 1 aromatic rings. The van der Waals surface area contributed by atoms with Crippen molar-refractivity contribution in [1.82, 2.24) is 4.90 Å². The zero-order chi connectivity index (χ0) is 15.8.